The van der Waals surface area contributed by atoms with E-state index in [-0.39, 0.29) is 0 Å². The average molecular weight is 221 g/mol. The van der Waals surface area contributed by atoms with Crippen molar-refractivity contribution in [3.63, 3.8) is 0 Å². The molecule has 0 radical (unpaired) electrons. The van der Waals surface area contributed by atoms with Crippen LogP contribution in [-0.4, -0.2) is 14.2 Å². The second-order valence-electron chi connectivity index (χ2n) is 3.46. The minimum atomic E-state index is 0.644. The zero-order chi connectivity index (χ0) is 11.8. The molecule has 0 spiro atoms. The number of rotatable bonds is 6. The molecule has 88 valence electrons. The number of ether oxygens (including phenoxy) is 1. The first-order valence-corrected chi connectivity index (χ1v) is 5.39. The van der Waals surface area contributed by atoms with Gasteiger partial charge in [0.05, 0.1) is 19.4 Å². The molecular weight excluding hydrogens is 202 g/mol. The lowest BCUT2D eigenvalue weighted by molar-refractivity contribution is 0.136. The van der Waals surface area contributed by atoms with Gasteiger partial charge in [-0.15, -0.1) is 0 Å². The first-order chi connectivity index (χ1) is 7.81. The van der Waals surface area contributed by atoms with E-state index in [4.69, 9.17) is 9.57 Å². The van der Waals surface area contributed by atoms with Gasteiger partial charge in [0.2, 0.25) is 0 Å². The van der Waals surface area contributed by atoms with E-state index in [9.17, 15) is 0 Å². The Hall–Kier alpha value is -1.32. The van der Waals surface area contributed by atoms with Gasteiger partial charge in [0.15, 0.2) is 0 Å². The van der Waals surface area contributed by atoms with Crippen LogP contribution in [0.3, 0.4) is 0 Å². The van der Waals surface area contributed by atoms with Crippen molar-refractivity contribution in [1.82, 2.24) is 5.48 Å². The maximum Gasteiger partial charge on any atom is 0.0713 e. The number of methoxy groups -OCH3 is 1. The van der Waals surface area contributed by atoms with Crippen molar-refractivity contribution < 1.29 is 9.57 Å². The summed E-state index contributed by atoms with van der Waals surface area (Å²) >= 11 is 0. The van der Waals surface area contributed by atoms with Gasteiger partial charge in [0.1, 0.15) is 0 Å². The molecule has 0 fully saturated rings. The maximum absolute atomic E-state index is 5.07. The van der Waals surface area contributed by atoms with Crippen LogP contribution in [0.5, 0.6) is 0 Å². The van der Waals surface area contributed by atoms with E-state index in [0.29, 0.717) is 6.61 Å². The van der Waals surface area contributed by atoms with Crippen molar-refractivity contribution in [1.29, 1.82) is 0 Å². The van der Waals surface area contributed by atoms with Gasteiger partial charge >= 0.3 is 0 Å². The van der Waals surface area contributed by atoms with Gasteiger partial charge in [-0.3, -0.25) is 10.3 Å². The zero-order valence-electron chi connectivity index (χ0n) is 10.1. The van der Waals surface area contributed by atoms with Gasteiger partial charge in [-0.25, -0.2) is 0 Å². The first-order valence-electron chi connectivity index (χ1n) is 5.39. The molecule has 0 saturated carbocycles. The van der Waals surface area contributed by atoms with E-state index >= 15 is 0 Å². The van der Waals surface area contributed by atoms with Crippen molar-refractivity contribution in [3.8, 4) is 0 Å². The molecule has 0 heterocycles. The number of nitrogens with one attached hydrogen (secondary N) is 1. The van der Waals surface area contributed by atoms with Gasteiger partial charge in [-0.2, -0.15) is 0 Å². The van der Waals surface area contributed by atoms with Crippen LogP contribution in [0.15, 0.2) is 30.3 Å². The number of hydroxylamine groups is 1. The van der Waals surface area contributed by atoms with E-state index in [2.05, 4.69) is 42.7 Å². The second-order valence-corrected chi connectivity index (χ2v) is 3.46. The average Bonchev–Trinajstić information content (AvgIpc) is 2.30. The fourth-order valence-electron chi connectivity index (χ4n) is 1.48. The molecule has 0 aromatic heterocycles. The van der Waals surface area contributed by atoms with Gasteiger partial charge in [-0.05, 0) is 17.5 Å². The summed E-state index contributed by atoms with van der Waals surface area (Å²) in [6.07, 6.45) is 3.06. The summed E-state index contributed by atoms with van der Waals surface area (Å²) < 4.78 is 5.07. The molecule has 0 aliphatic rings. The zero-order valence-corrected chi connectivity index (χ0v) is 10.1. The van der Waals surface area contributed by atoms with Crippen LogP contribution in [-0.2, 0) is 16.2 Å². The molecule has 3 heteroatoms. The second kappa shape index (κ2) is 7.04. The predicted octanol–water partition coefficient (Wildman–Crippen LogP) is 2.73. The largest absolute Gasteiger partial charge is 0.380 e. The minimum Gasteiger partial charge on any atom is -0.380 e. The Morgan fingerprint density at radius 1 is 1.25 bits per heavy atom. The molecular formula is C13H19NO2. The highest BCUT2D eigenvalue weighted by molar-refractivity contribution is 5.63. The number of allylic oxidation sites excluding steroid dienone is 1. The summed E-state index contributed by atoms with van der Waals surface area (Å²) in [5, 5.41) is 0. The highest BCUT2D eigenvalue weighted by Crippen LogP contribution is 2.14. The van der Waals surface area contributed by atoms with Crippen molar-refractivity contribution >= 4 is 5.70 Å². The molecule has 16 heavy (non-hydrogen) atoms. The Bertz CT molecular complexity index is 330. The highest BCUT2D eigenvalue weighted by atomic mass is 16.6. The summed E-state index contributed by atoms with van der Waals surface area (Å²) in [7, 11) is 3.31. The van der Waals surface area contributed by atoms with E-state index < -0.39 is 0 Å². The maximum atomic E-state index is 5.07. The molecule has 1 rings (SSSR count). The summed E-state index contributed by atoms with van der Waals surface area (Å²) in [5.74, 6) is 0. The third-order valence-corrected chi connectivity index (χ3v) is 2.20. The molecule has 3 nitrogen and oxygen atoms in total. The lowest BCUT2D eigenvalue weighted by Gasteiger charge is -2.09. The lowest BCUT2D eigenvalue weighted by atomic mass is 10.1. The van der Waals surface area contributed by atoms with Crippen LogP contribution >= 0.6 is 0 Å². The molecule has 1 N–H and O–H groups in total. The van der Waals surface area contributed by atoms with Crippen LogP contribution in [0.2, 0.25) is 0 Å². The third kappa shape index (κ3) is 3.68. The standard InChI is InChI=1S/C13H19NO2/c1-4-5-13(14-16-3)12-8-6-11(7-9-12)10-15-2/h5-9,14H,4,10H2,1-3H3. The molecule has 0 saturated heterocycles. The Morgan fingerprint density at radius 2 is 1.94 bits per heavy atom. The third-order valence-electron chi connectivity index (χ3n) is 2.20. The minimum absolute atomic E-state index is 0.644. The summed E-state index contributed by atoms with van der Waals surface area (Å²) in [6, 6.07) is 8.23. The molecule has 1 aromatic carbocycles. The summed E-state index contributed by atoms with van der Waals surface area (Å²) in [5.41, 5.74) is 6.16. The number of hydrogen-bond donors (Lipinski definition) is 1. The number of hydrogen-bond acceptors (Lipinski definition) is 3. The Balaban J connectivity index is 2.81. The van der Waals surface area contributed by atoms with Gasteiger partial charge in [-0.1, -0.05) is 37.3 Å². The molecule has 0 unspecified atom stereocenters. The molecule has 0 aliphatic carbocycles. The van der Waals surface area contributed by atoms with Crippen LogP contribution in [0.4, 0.5) is 0 Å². The van der Waals surface area contributed by atoms with Crippen LogP contribution in [0, 0.1) is 0 Å². The number of benzene rings is 1. The van der Waals surface area contributed by atoms with E-state index in [1.165, 1.54) is 5.56 Å². The van der Waals surface area contributed by atoms with Gasteiger partial charge in [0, 0.05) is 7.11 Å². The van der Waals surface area contributed by atoms with Crippen molar-refractivity contribution in [2.24, 2.45) is 0 Å². The van der Waals surface area contributed by atoms with E-state index in [1.807, 2.05) is 0 Å². The first kappa shape index (κ1) is 12.7. The molecule has 0 atom stereocenters. The summed E-state index contributed by atoms with van der Waals surface area (Å²) in [4.78, 5) is 4.95. The van der Waals surface area contributed by atoms with Crippen LogP contribution < -0.4 is 5.48 Å². The normalized spacial score (nSPS) is 11.6. The van der Waals surface area contributed by atoms with Gasteiger partial charge < -0.3 is 4.74 Å². The summed E-state index contributed by atoms with van der Waals surface area (Å²) in [6.45, 7) is 2.74. The van der Waals surface area contributed by atoms with Gasteiger partial charge in [0.25, 0.3) is 0 Å². The van der Waals surface area contributed by atoms with Crippen LogP contribution in [0.25, 0.3) is 5.70 Å². The predicted molar refractivity (Wildman–Crippen MR) is 65.6 cm³/mol. The quantitative estimate of drug-likeness (QED) is 0.749. The van der Waals surface area contributed by atoms with Crippen molar-refractivity contribution in [3.05, 3.63) is 41.5 Å². The van der Waals surface area contributed by atoms with E-state index in [0.717, 1.165) is 17.7 Å². The molecule has 0 aliphatic heterocycles. The Labute approximate surface area is 97.0 Å². The fraction of sp³-hybridized carbons (Fsp3) is 0.385. The smallest absolute Gasteiger partial charge is 0.0713 e. The Kier molecular flexibility index (Phi) is 5.61. The lowest BCUT2D eigenvalue weighted by Crippen LogP contribution is -2.10. The fourth-order valence-corrected chi connectivity index (χ4v) is 1.48. The van der Waals surface area contributed by atoms with Crippen molar-refractivity contribution in [2.75, 3.05) is 14.2 Å². The molecule has 1 aromatic rings. The van der Waals surface area contributed by atoms with E-state index in [1.54, 1.807) is 14.2 Å². The monoisotopic (exact) mass is 221 g/mol. The van der Waals surface area contributed by atoms with Crippen LogP contribution in [0.1, 0.15) is 24.5 Å². The SMILES string of the molecule is CCC=C(NOC)c1ccc(COC)cc1. The topological polar surface area (TPSA) is 30.5 Å². The Morgan fingerprint density at radius 3 is 2.44 bits per heavy atom. The molecule has 0 bridgehead atoms. The highest BCUT2D eigenvalue weighted by Gasteiger charge is 2.00. The van der Waals surface area contributed by atoms with Crippen molar-refractivity contribution in [2.45, 2.75) is 20.0 Å². The molecule has 0 amide bonds.